The minimum absolute atomic E-state index is 0.0568. The van der Waals surface area contributed by atoms with Gasteiger partial charge in [0, 0.05) is 37.8 Å². The van der Waals surface area contributed by atoms with E-state index in [1.54, 1.807) is 0 Å². The van der Waals surface area contributed by atoms with Crippen molar-refractivity contribution in [3.8, 4) is 0 Å². The number of hydrogen-bond donors (Lipinski definition) is 1. The van der Waals surface area contributed by atoms with Gasteiger partial charge in [0.15, 0.2) is 9.84 Å². The largest absolute Gasteiger partial charge is 0.371 e. The van der Waals surface area contributed by atoms with Crippen LogP contribution in [0.25, 0.3) is 0 Å². The summed E-state index contributed by atoms with van der Waals surface area (Å²) in [6.45, 7) is 6.19. The average Bonchev–Trinajstić information content (AvgIpc) is 3.42. The molecule has 0 bridgehead atoms. The number of nitrogens with zero attached hydrogens (tertiary/aromatic N) is 4. The Morgan fingerprint density at radius 2 is 1.97 bits per heavy atom. The number of amides is 1. The van der Waals surface area contributed by atoms with Crippen molar-refractivity contribution in [1.82, 2.24) is 15.0 Å². The number of halogens is 1. The second kappa shape index (κ2) is 9.28. The maximum atomic E-state index is 14.4. The van der Waals surface area contributed by atoms with Gasteiger partial charge in [-0.25, -0.2) is 12.8 Å². The molecule has 2 atom stereocenters. The highest BCUT2D eigenvalue weighted by Gasteiger charge is 2.38. The quantitative estimate of drug-likeness (QED) is 0.646. The van der Waals surface area contributed by atoms with Gasteiger partial charge >= 0.3 is 0 Å². The molecule has 0 spiro atoms. The smallest absolute Gasteiger partial charge is 0.266 e. The Bertz CT molecular complexity index is 1110. The maximum Gasteiger partial charge on any atom is 0.266 e. The molecule has 1 aromatic heterocycles. The van der Waals surface area contributed by atoms with Crippen LogP contribution in [0.1, 0.15) is 51.3 Å². The summed E-state index contributed by atoms with van der Waals surface area (Å²) in [5.41, 5.74) is 0.131. The lowest BCUT2D eigenvalue weighted by Crippen LogP contribution is -2.47. The summed E-state index contributed by atoms with van der Waals surface area (Å²) < 4.78 is 43.0. The molecule has 2 aliphatic rings. The van der Waals surface area contributed by atoms with E-state index in [2.05, 4.69) is 34.2 Å². The Balaban J connectivity index is 1.34. The summed E-state index contributed by atoms with van der Waals surface area (Å²) in [6.07, 6.45) is 4.12. The van der Waals surface area contributed by atoms with Gasteiger partial charge < -0.3 is 19.6 Å². The van der Waals surface area contributed by atoms with E-state index in [-0.39, 0.29) is 28.4 Å². The molecule has 2 aromatic rings. The normalized spacial score (nSPS) is 21.0. The van der Waals surface area contributed by atoms with Crippen LogP contribution in [0.5, 0.6) is 0 Å². The number of benzene rings is 1. The Hall–Kier alpha value is -2.69. The minimum Gasteiger partial charge on any atom is -0.371 e. The van der Waals surface area contributed by atoms with E-state index in [1.807, 2.05) is 4.90 Å². The van der Waals surface area contributed by atoms with Crippen LogP contribution in [0, 0.1) is 5.82 Å². The zero-order valence-corrected chi connectivity index (χ0v) is 19.9. The summed E-state index contributed by atoms with van der Waals surface area (Å²) in [4.78, 5) is 21.4. The lowest BCUT2D eigenvalue weighted by Gasteiger charge is -2.36. The van der Waals surface area contributed by atoms with Crippen LogP contribution in [-0.4, -0.2) is 67.3 Å². The molecule has 9 nitrogen and oxygen atoms in total. The molecule has 1 N–H and O–H groups in total. The van der Waals surface area contributed by atoms with E-state index in [0.717, 1.165) is 44.7 Å². The first-order valence-electron chi connectivity index (χ1n) is 11.3. The molecule has 2 saturated heterocycles. The van der Waals surface area contributed by atoms with Gasteiger partial charge in [0.2, 0.25) is 11.8 Å². The molecular formula is C22H30FN5O4S. The number of rotatable bonds is 7. The molecule has 33 heavy (non-hydrogen) atoms. The van der Waals surface area contributed by atoms with Gasteiger partial charge in [0.25, 0.3) is 5.95 Å². The van der Waals surface area contributed by atoms with E-state index in [9.17, 15) is 17.6 Å². The summed E-state index contributed by atoms with van der Waals surface area (Å²) in [5, 5.41) is 7.07. The second-order valence-electron chi connectivity index (χ2n) is 8.89. The number of carbonyl (C=O) groups is 1. The van der Waals surface area contributed by atoms with Crippen molar-refractivity contribution in [3.05, 3.63) is 29.9 Å². The summed E-state index contributed by atoms with van der Waals surface area (Å²) in [7, 11) is -3.49. The molecule has 1 amide bonds. The van der Waals surface area contributed by atoms with Crippen molar-refractivity contribution in [2.24, 2.45) is 0 Å². The van der Waals surface area contributed by atoms with Crippen molar-refractivity contribution in [1.29, 1.82) is 0 Å². The number of likely N-dealkylation sites (tertiary alicyclic amines) is 1. The lowest BCUT2D eigenvalue weighted by molar-refractivity contribution is -0.130. The Labute approximate surface area is 193 Å². The molecular weight excluding hydrogens is 449 g/mol. The maximum absolute atomic E-state index is 14.4. The van der Waals surface area contributed by atoms with E-state index in [1.165, 1.54) is 12.1 Å². The zero-order chi connectivity index (χ0) is 23.8. The van der Waals surface area contributed by atoms with Gasteiger partial charge in [-0.2, -0.15) is 4.98 Å². The van der Waals surface area contributed by atoms with Crippen LogP contribution < -0.4 is 10.2 Å². The van der Waals surface area contributed by atoms with Crippen LogP contribution in [0.3, 0.4) is 0 Å². The molecule has 2 aliphatic heterocycles. The summed E-state index contributed by atoms with van der Waals surface area (Å²) in [6, 6.07) is 3.28. The number of sulfone groups is 1. The van der Waals surface area contributed by atoms with Crippen LogP contribution in [0.15, 0.2) is 27.6 Å². The van der Waals surface area contributed by atoms with Crippen LogP contribution >= 0.6 is 0 Å². The molecule has 180 valence electrons. The van der Waals surface area contributed by atoms with Gasteiger partial charge in [0.05, 0.1) is 10.6 Å². The average molecular weight is 480 g/mol. The van der Waals surface area contributed by atoms with Gasteiger partial charge in [-0.3, -0.25) is 4.79 Å². The monoisotopic (exact) mass is 479 g/mol. The third-order valence-corrected chi connectivity index (χ3v) is 7.70. The molecule has 0 aliphatic carbocycles. The minimum atomic E-state index is -3.49. The van der Waals surface area contributed by atoms with Crippen LogP contribution in [-0.2, 0) is 14.6 Å². The SMILES string of the molecule is CC[C@H](C)c1nc(N2CCC(N3CC[C@H](Nc4ccc(S(C)(=O)=O)cc4F)C3=O)CC2)no1. The van der Waals surface area contributed by atoms with Gasteiger partial charge in [-0.15, -0.1) is 0 Å². The molecule has 0 saturated carbocycles. The predicted octanol–water partition coefficient (Wildman–Crippen LogP) is 2.81. The summed E-state index contributed by atoms with van der Waals surface area (Å²) >= 11 is 0. The van der Waals surface area contributed by atoms with Crippen molar-refractivity contribution in [3.63, 3.8) is 0 Å². The fourth-order valence-corrected chi connectivity index (χ4v) is 4.97. The number of aromatic nitrogens is 2. The van der Waals surface area contributed by atoms with Crippen LogP contribution in [0.4, 0.5) is 16.0 Å². The molecule has 2 fully saturated rings. The number of hydrogen-bond acceptors (Lipinski definition) is 8. The summed E-state index contributed by atoms with van der Waals surface area (Å²) in [5.74, 6) is 0.731. The fraction of sp³-hybridized carbons (Fsp3) is 0.591. The Morgan fingerprint density at radius 3 is 2.61 bits per heavy atom. The zero-order valence-electron chi connectivity index (χ0n) is 19.1. The standard InChI is InChI=1S/C22H30FN5O4S/c1-4-14(2)20-25-22(26-32-20)27-10-7-15(8-11-27)28-12-9-19(21(28)29)24-18-6-5-16(13-17(18)23)33(3,30)31/h5-6,13-15,19,24H,4,7-12H2,1-3H3/t14-,19-/m0/s1. The molecule has 11 heteroatoms. The van der Waals surface area contributed by atoms with Gasteiger partial charge in [0.1, 0.15) is 11.9 Å². The Kier molecular flexibility index (Phi) is 6.60. The van der Waals surface area contributed by atoms with E-state index in [0.29, 0.717) is 24.8 Å². The molecule has 4 rings (SSSR count). The highest BCUT2D eigenvalue weighted by Crippen LogP contribution is 2.28. The molecule has 1 aromatic carbocycles. The van der Waals surface area contributed by atoms with E-state index >= 15 is 0 Å². The van der Waals surface area contributed by atoms with E-state index < -0.39 is 21.7 Å². The van der Waals surface area contributed by atoms with Crippen molar-refractivity contribution >= 4 is 27.4 Å². The highest BCUT2D eigenvalue weighted by atomic mass is 32.2. The molecule has 0 radical (unpaired) electrons. The second-order valence-corrected chi connectivity index (χ2v) is 10.9. The third-order valence-electron chi connectivity index (χ3n) is 6.59. The molecule has 3 heterocycles. The van der Waals surface area contributed by atoms with Crippen molar-refractivity contribution in [2.75, 3.05) is 36.1 Å². The lowest BCUT2D eigenvalue weighted by atomic mass is 10.0. The first-order chi connectivity index (χ1) is 15.7. The number of anilines is 2. The molecule has 0 unspecified atom stereocenters. The highest BCUT2D eigenvalue weighted by molar-refractivity contribution is 7.90. The van der Waals surface area contributed by atoms with Gasteiger partial charge in [-0.1, -0.05) is 13.8 Å². The topological polar surface area (TPSA) is 109 Å². The first kappa shape index (κ1) is 23.5. The third kappa shape index (κ3) is 4.97. The first-order valence-corrected chi connectivity index (χ1v) is 13.2. The van der Waals surface area contributed by atoms with E-state index in [4.69, 9.17) is 4.52 Å². The number of nitrogens with one attached hydrogen (secondary N) is 1. The van der Waals surface area contributed by atoms with Crippen molar-refractivity contribution < 1.29 is 22.1 Å². The number of carbonyl (C=O) groups excluding carboxylic acids is 1. The number of piperidine rings is 1. The predicted molar refractivity (Wildman–Crippen MR) is 121 cm³/mol. The Morgan fingerprint density at radius 1 is 1.24 bits per heavy atom. The fourth-order valence-electron chi connectivity index (χ4n) is 4.34. The van der Waals surface area contributed by atoms with Crippen LogP contribution in [0.2, 0.25) is 0 Å². The van der Waals surface area contributed by atoms with Crippen molar-refractivity contribution in [2.45, 2.75) is 62.4 Å². The van der Waals surface area contributed by atoms with Gasteiger partial charge in [-0.05, 0) is 49.0 Å².